The van der Waals surface area contributed by atoms with Gasteiger partial charge < -0.3 is 5.11 Å². The number of carboxylic acid groups (broad SMARTS) is 1. The summed E-state index contributed by atoms with van der Waals surface area (Å²) in [5.41, 5.74) is 1.07. The topological polar surface area (TPSA) is 37.3 Å². The predicted molar refractivity (Wildman–Crippen MR) is 69.8 cm³/mol. The lowest BCUT2D eigenvalue weighted by Crippen LogP contribution is -2.15. The summed E-state index contributed by atoms with van der Waals surface area (Å²) < 4.78 is 0. The molecule has 1 aromatic rings. The molecular weight excluding hydrogens is 212 g/mol. The maximum absolute atomic E-state index is 11.1. The van der Waals surface area contributed by atoms with Crippen molar-refractivity contribution in [3.63, 3.8) is 0 Å². The molecule has 17 heavy (non-hydrogen) atoms. The molecule has 0 aliphatic carbocycles. The first-order chi connectivity index (χ1) is 8.24. The number of rotatable bonds is 6. The van der Waals surface area contributed by atoms with Crippen molar-refractivity contribution in [3.8, 4) is 0 Å². The van der Waals surface area contributed by atoms with Gasteiger partial charge in [-0.05, 0) is 25.3 Å². The molecule has 0 saturated heterocycles. The lowest BCUT2D eigenvalue weighted by molar-refractivity contribution is -0.141. The third-order valence-electron chi connectivity index (χ3n) is 2.53. The van der Waals surface area contributed by atoms with Gasteiger partial charge in [-0.25, -0.2) is 0 Å². The van der Waals surface area contributed by atoms with Crippen LogP contribution in [0.4, 0.5) is 0 Å². The van der Waals surface area contributed by atoms with E-state index in [4.69, 9.17) is 5.11 Å². The molecule has 1 rings (SSSR count). The van der Waals surface area contributed by atoms with Crippen LogP contribution in [0.15, 0.2) is 54.6 Å². The van der Waals surface area contributed by atoms with Crippen molar-refractivity contribution in [1.29, 1.82) is 0 Å². The van der Waals surface area contributed by atoms with Crippen LogP contribution in [0.3, 0.4) is 0 Å². The largest absolute Gasteiger partial charge is 0.481 e. The molecule has 0 spiro atoms. The monoisotopic (exact) mass is 230 g/mol. The Morgan fingerprint density at radius 1 is 1.29 bits per heavy atom. The smallest absolute Gasteiger partial charge is 0.307 e. The van der Waals surface area contributed by atoms with Crippen LogP contribution in [0.1, 0.15) is 18.9 Å². The van der Waals surface area contributed by atoms with Crippen molar-refractivity contribution in [1.82, 2.24) is 0 Å². The third-order valence-corrected chi connectivity index (χ3v) is 2.53. The number of allylic oxidation sites excluding steroid dienone is 4. The Kier molecular flexibility index (Phi) is 5.80. The Morgan fingerprint density at radius 2 is 2.00 bits per heavy atom. The van der Waals surface area contributed by atoms with E-state index in [0.717, 1.165) is 5.56 Å². The Hall–Kier alpha value is -1.83. The second-order valence-electron chi connectivity index (χ2n) is 3.91. The van der Waals surface area contributed by atoms with Crippen molar-refractivity contribution in [2.24, 2.45) is 5.92 Å². The van der Waals surface area contributed by atoms with Gasteiger partial charge in [-0.1, -0.05) is 54.6 Å². The first kappa shape index (κ1) is 13.2. The Morgan fingerprint density at radius 3 is 2.59 bits per heavy atom. The highest BCUT2D eigenvalue weighted by atomic mass is 16.4. The maximum atomic E-state index is 11.1. The predicted octanol–water partition coefficient (Wildman–Crippen LogP) is 3.45. The van der Waals surface area contributed by atoms with Gasteiger partial charge in [-0.3, -0.25) is 4.79 Å². The number of aliphatic carboxylic acids is 1. The molecule has 0 aliphatic rings. The first-order valence-electron chi connectivity index (χ1n) is 5.78. The van der Waals surface area contributed by atoms with Gasteiger partial charge in [0.05, 0.1) is 5.92 Å². The van der Waals surface area contributed by atoms with Gasteiger partial charge in [-0.15, -0.1) is 0 Å². The van der Waals surface area contributed by atoms with Crippen LogP contribution in [-0.4, -0.2) is 11.1 Å². The van der Waals surface area contributed by atoms with E-state index in [1.807, 2.05) is 61.6 Å². The molecule has 2 nitrogen and oxygen atoms in total. The molecule has 1 atom stereocenters. The number of carbonyl (C=O) groups is 1. The van der Waals surface area contributed by atoms with Gasteiger partial charge in [0.2, 0.25) is 0 Å². The highest BCUT2D eigenvalue weighted by molar-refractivity contribution is 5.70. The summed E-state index contributed by atoms with van der Waals surface area (Å²) in [6.07, 6.45) is 8.76. The maximum Gasteiger partial charge on any atom is 0.307 e. The van der Waals surface area contributed by atoms with Crippen LogP contribution in [0, 0.1) is 5.92 Å². The molecule has 2 heteroatoms. The molecule has 1 aromatic carbocycles. The minimum atomic E-state index is -0.737. The molecule has 1 N–H and O–H groups in total. The SMILES string of the molecule is C/C=C/C=C/C[C@H](Cc1ccccc1)C(=O)O. The van der Waals surface area contributed by atoms with Gasteiger partial charge in [0.25, 0.3) is 0 Å². The second kappa shape index (κ2) is 7.44. The molecule has 0 saturated carbocycles. The van der Waals surface area contributed by atoms with Gasteiger partial charge in [0.15, 0.2) is 0 Å². The Bertz CT molecular complexity index is 391. The molecule has 0 bridgehead atoms. The minimum Gasteiger partial charge on any atom is -0.481 e. The van der Waals surface area contributed by atoms with Crippen molar-refractivity contribution >= 4 is 5.97 Å². The Labute approximate surface area is 102 Å². The molecule has 0 fully saturated rings. The van der Waals surface area contributed by atoms with E-state index < -0.39 is 5.97 Å². The molecule has 0 aromatic heterocycles. The fraction of sp³-hybridized carbons (Fsp3) is 0.267. The van der Waals surface area contributed by atoms with E-state index in [1.165, 1.54) is 0 Å². The van der Waals surface area contributed by atoms with Gasteiger partial charge >= 0.3 is 5.97 Å². The van der Waals surface area contributed by atoms with Crippen LogP contribution < -0.4 is 0 Å². The number of benzene rings is 1. The van der Waals surface area contributed by atoms with E-state index in [-0.39, 0.29) is 5.92 Å². The Balaban J connectivity index is 2.58. The zero-order valence-corrected chi connectivity index (χ0v) is 10.0. The number of hydrogen-bond donors (Lipinski definition) is 1. The molecule has 0 unspecified atom stereocenters. The van der Waals surface area contributed by atoms with Gasteiger partial charge in [0, 0.05) is 0 Å². The number of hydrogen-bond acceptors (Lipinski definition) is 1. The van der Waals surface area contributed by atoms with E-state index in [1.54, 1.807) is 0 Å². The lowest BCUT2D eigenvalue weighted by atomic mass is 9.96. The normalized spacial score (nSPS) is 13.2. The van der Waals surface area contributed by atoms with E-state index in [0.29, 0.717) is 12.8 Å². The lowest BCUT2D eigenvalue weighted by Gasteiger charge is -2.09. The van der Waals surface area contributed by atoms with Crippen LogP contribution in [0.2, 0.25) is 0 Å². The standard InChI is InChI=1S/C15H18O2/c1-2-3-4-8-11-14(15(16)17)12-13-9-6-5-7-10-13/h2-10,14H,11-12H2,1H3,(H,16,17)/b3-2+,8-4+/t14-/m1/s1. The summed E-state index contributed by atoms with van der Waals surface area (Å²) in [5, 5.41) is 9.14. The third kappa shape index (κ3) is 5.16. The van der Waals surface area contributed by atoms with E-state index in [9.17, 15) is 4.79 Å². The van der Waals surface area contributed by atoms with Crippen molar-refractivity contribution in [2.45, 2.75) is 19.8 Å². The quantitative estimate of drug-likeness (QED) is 0.760. The summed E-state index contributed by atoms with van der Waals surface area (Å²) in [4.78, 5) is 11.1. The van der Waals surface area contributed by atoms with Gasteiger partial charge in [0.1, 0.15) is 0 Å². The zero-order chi connectivity index (χ0) is 12.5. The van der Waals surface area contributed by atoms with Crippen LogP contribution >= 0.6 is 0 Å². The highest BCUT2D eigenvalue weighted by Crippen LogP contribution is 2.13. The molecule has 0 amide bonds. The summed E-state index contributed by atoms with van der Waals surface area (Å²) in [6, 6.07) is 9.73. The van der Waals surface area contributed by atoms with E-state index >= 15 is 0 Å². The van der Waals surface area contributed by atoms with Crippen LogP contribution in [-0.2, 0) is 11.2 Å². The van der Waals surface area contributed by atoms with Crippen molar-refractivity contribution < 1.29 is 9.90 Å². The van der Waals surface area contributed by atoms with Crippen LogP contribution in [0.25, 0.3) is 0 Å². The fourth-order valence-corrected chi connectivity index (χ4v) is 1.60. The molecular formula is C15H18O2. The molecule has 0 aliphatic heterocycles. The minimum absolute atomic E-state index is 0.348. The van der Waals surface area contributed by atoms with E-state index in [2.05, 4.69) is 0 Å². The molecule has 90 valence electrons. The summed E-state index contributed by atoms with van der Waals surface area (Å²) in [7, 11) is 0. The number of carboxylic acids is 1. The average Bonchev–Trinajstić information content (AvgIpc) is 2.34. The molecule has 0 heterocycles. The zero-order valence-electron chi connectivity index (χ0n) is 10.0. The average molecular weight is 230 g/mol. The summed E-state index contributed by atoms with van der Waals surface area (Å²) in [5.74, 6) is -1.09. The van der Waals surface area contributed by atoms with Crippen LogP contribution in [0.5, 0.6) is 0 Å². The molecule has 0 radical (unpaired) electrons. The fourth-order valence-electron chi connectivity index (χ4n) is 1.60. The highest BCUT2D eigenvalue weighted by Gasteiger charge is 2.15. The van der Waals surface area contributed by atoms with Crippen molar-refractivity contribution in [2.75, 3.05) is 0 Å². The van der Waals surface area contributed by atoms with Gasteiger partial charge in [-0.2, -0.15) is 0 Å². The second-order valence-corrected chi connectivity index (χ2v) is 3.91. The van der Waals surface area contributed by atoms with Crippen molar-refractivity contribution in [3.05, 3.63) is 60.2 Å². The summed E-state index contributed by atoms with van der Waals surface area (Å²) in [6.45, 7) is 1.93. The first-order valence-corrected chi connectivity index (χ1v) is 5.78. The summed E-state index contributed by atoms with van der Waals surface area (Å²) >= 11 is 0.